The van der Waals surface area contributed by atoms with E-state index in [1.165, 1.54) is 11.3 Å². The van der Waals surface area contributed by atoms with Gasteiger partial charge in [0.15, 0.2) is 0 Å². The zero-order valence-electron chi connectivity index (χ0n) is 6.37. The third-order valence-electron chi connectivity index (χ3n) is 1.60. The largest absolute Gasteiger partial charge is 0.324 e. The first-order valence-corrected chi connectivity index (χ1v) is 4.40. The van der Waals surface area contributed by atoms with E-state index in [1.807, 2.05) is 18.4 Å². The van der Waals surface area contributed by atoms with Crippen molar-refractivity contribution in [2.75, 3.05) is 0 Å². The first kappa shape index (κ1) is 8.25. The molecule has 58 valence electrons. The van der Waals surface area contributed by atoms with Crippen molar-refractivity contribution in [2.24, 2.45) is 5.73 Å². The average Bonchev–Trinajstić information content (AvgIpc) is 2.50. The van der Waals surface area contributed by atoms with Crippen molar-refractivity contribution in [1.82, 2.24) is 0 Å². The van der Waals surface area contributed by atoms with Gasteiger partial charge in [0.05, 0.1) is 0 Å². The predicted octanol–water partition coefficient (Wildman–Crippen LogP) is 2.03. The predicted molar refractivity (Wildman–Crippen MR) is 46.3 cm³/mol. The molecule has 0 radical (unpaired) electrons. The van der Waals surface area contributed by atoms with Crippen molar-refractivity contribution in [3.63, 3.8) is 0 Å². The van der Waals surface area contributed by atoms with Crippen LogP contribution < -0.4 is 5.73 Å². The number of hydrogen-bond acceptors (Lipinski definition) is 3. The standard InChI is InChI=1S/C8H10N2S/c1-2-8(10)6-3-7(4-9)11-5-6/h3,5,8H,2,10H2,1H3/t8-/m0/s1. The topological polar surface area (TPSA) is 49.8 Å². The Morgan fingerprint density at radius 2 is 2.55 bits per heavy atom. The van der Waals surface area contributed by atoms with Crippen LogP contribution >= 0.6 is 11.3 Å². The van der Waals surface area contributed by atoms with Crippen LogP contribution in [-0.4, -0.2) is 0 Å². The number of nitrogens with zero attached hydrogens (tertiary/aromatic N) is 1. The van der Waals surface area contributed by atoms with Crippen LogP contribution in [0.3, 0.4) is 0 Å². The van der Waals surface area contributed by atoms with E-state index in [1.54, 1.807) is 0 Å². The summed E-state index contributed by atoms with van der Waals surface area (Å²) in [6, 6.07) is 4.04. The smallest absolute Gasteiger partial charge is 0.110 e. The van der Waals surface area contributed by atoms with Gasteiger partial charge in [-0.1, -0.05) is 6.92 Å². The lowest BCUT2D eigenvalue weighted by Crippen LogP contribution is -2.06. The molecule has 0 unspecified atom stereocenters. The van der Waals surface area contributed by atoms with E-state index in [0.717, 1.165) is 16.9 Å². The highest BCUT2D eigenvalue weighted by Gasteiger charge is 2.05. The normalized spacial score (nSPS) is 12.5. The lowest BCUT2D eigenvalue weighted by Gasteiger charge is -2.03. The molecule has 0 aliphatic carbocycles. The maximum atomic E-state index is 8.53. The maximum Gasteiger partial charge on any atom is 0.110 e. The molecule has 1 atom stereocenters. The molecule has 0 aliphatic rings. The maximum absolute atomic E-state index is 8.53. The first-order valence-electron chi connectivity index (χ1n) is 3.52. The summed E-state index contributed by atoms with van der Waals surface area (Å²) in [7, 11) is 0. The molecule has 0 aromatic carbocycles. The van der Waals surface area contributed by atoms with Crippen LogP contribution in [0.5, 0.6) is 0 Å². The Morgan fingerprint density at radius 1 is 1.82 bits per heavy atom. The molecule has 2 nitrogen and oxygen atoms in total. The molecule has 0 aliphatic heterocycles. The SMILES string of the molecule is CC[C@H](N)c1csc(C#N)c1. The molecule has 0 amide bonds. The fourth-order valence-corrected chi connectivity index (χ4v) is 1.60. The second kappa shape index (κ2) is 3.51. The minimum absolute atomic E-state index is 0.0911. The average molecular weight is 166 g/mol. The molecule has 0 saturated heterocycles. The Kier molecular flexibility index (Phi) is 2.64. The van der Waals surface area contributed by atoms with Crippen molar-refractivity contribution in [3.05, 3.63) is 21.9 Å². The van der Waals surface area contributed by atoms with Gasteiger partial charge in [0.1, 0.15) is 10.9 Å². The van der Waals surface area contributed by atoms with Crippen LogP contribution in [0.25, 0.3) is 0 Å². The summed E-state index contributed by atoms with van der Waals surface area (Å²) in [6.07, 6.45) is 0.918. The molecule has 1 rings (SSSR count). The molecule has 1 aromatic heterocycles. The van der Waals surface area contributed by atoms with Crippen LogP contribution in [0.15, 0.2) is 11.4 Å². The molecule has 0 spiro atoms. The number of nitrogens with two attached hydrogens (primary N) is 1. The Balaban J connectivity index is 2.82. The molecule has 1 heterocycles. The van der Waals surface area contributed by atoms with Gasteiger partial charge in [-0.2, -0.15) is 5.26 Å². The van der Waals surface area contributed by atoms with Crippen LogP contribution in [0.2, 0.25) is 0 Å². The van der Waals surface area contributed by atoms with Crippen molar-refractivity contribution < 1.29 is 0 Å². The molecule has 0 saturated carbocycles. The molecule has 1 aromatic rings. The number of hydrogen-bond donors (Lipinski definition) is 1. The zero-order chi connectivity index (χ0) is 8.27. The quantitative estimate of drug-likeness (QED) is 0.730. The van der Waals surface area contributed by atoms with Gasteiger partial charge < -0.3 is 5.73 Å². The van der Waals surface area contributed by atoms with Crippen LogP contribution in [0, 0.1) is 11.3 Å². The second-order valence-electron chi connectivity index (χ2n) is 2.37. The van der Waals surface area contributed by atoms with Gasteiger partial charge >= 0.3 is 0 Å². The van der Waals surface area contributed by atoms with E-state index in [-0.39, 0.29) is 6.04 Å². The Labute approximate surface area is 70.3 Å². The van der Waals surface area contributed by atoms with Gasteiger partial charge in [0.25, 0.3) is 0 Å². The number of thiophene rings is 1. The summed E-state index contributed by atoms with van der Waals surface area (Å²) >= 11 is 1.45. The van der Waals surface area contributed by atoms with Gasteiger partial charge in [-0.15, -0.1) is 11.3 Å². The van der Waals surface area contributed by atoms with Gasteiger partial charge in [-0.05, 0) is 23.4 Å². The van der Waals surface area contributed by atoms with Crippen molar-refractivity contribution in [3.8, 4) is 6.07 Å². The van der Waals surface area contributed by atoms with Gasteiger partial charge in [-0.3, -0.25) is 0 Å². The molecule has 3 heteroatoms. The molecule has 0 bridgehead atoms. The van der Waals surface area contributed by atoms with Crippen LogP contribution in [0.1, 0.15) is 29.8 Å². The molecule has 11 heavy (non-hydrogen) atoms. The van der Waals surface area contributed by atoms with Gasteiger partial charge in [0, 0.05) is 6.04 Å². The van der Waals surface area contributed by atoms with Crippen LogP contribution in [-0.2, 0) is 0 Å². The third kappa shape index (κ3) is 1.79. The second-order valence-corrected chi connectivity index (χ2v) is 3.28. The monoisotopic (exact) mass is 166 g/mol. The summed E-state index contributed by atoms with van der Waals surface area (Å²) in [5, 5.41) is 10.5. The minimum Gasteiger partial charge on any atom is -0.324 e. The Hall–Kier alpha value is -0.850. The van der Waals surface area contributed by atoms with Gasteiger partial charge in [-0.25, -0.2) is 0 Å². The van der Waals surface area contributed by atoms with Crippen molar-refractivity contribution in [2.45, 2.75) is 19.4 Å². The lowest BCUT2D eigenvalue weighted by molar-refractivity contribution is 0.701. The highest BCUT2D eigenvalue weighted by atomic mass is 32.1. The molecular weight excluding hydrogens is 156 g/mol. The number of nitriles is 1. The zero-order valence-corrected chi connectivity index (χ0v) is 7.19. The number of rotatable bonds is 2. The fraction of sp³-hybridized carbons (Fsp3) is 0.375. The van der Waals surface area contributed by atoms with E-state index in [0.29, 0.717) is 0 Å². The molecular formula is C8H10N2S. The van der Waals surface area contributed by atoms with E-state index in [9.17, 15) is 0 Å². The minimum atomic E-state index is 0.0911. The van der Waals surface area contributed by atoms with E-state index < -0.39 is 0 Å². The Morgan fingerprint density at radius 3 is 3.00 bits per heavy atom. The van der Waals surface area contributed by atoms with Crippen molar-refractivity contribution >= 4 is 11.3 Å². The molecule has 2 N–H and O–H groups in total. The molecule has 0 fully saturated rings. The third-order valence-corrected chi connectivity index (χ3v) is 2.45. The first-order chi connectivity index (χ1) is 5.27. The summed E-state index contributed by atoms with van der Waals surface area (Å²) in [4.78, 5) is 0.740. The summed E-state index contributed by atoms with van der Waals surface area (Å²) < 4.78 is 0. The van der Waals surface area contributed by atoms with Crippen molar-refractivity contribution in [1.29, 1.82) is 5.26 Å². The highest BCUT2D eigenvalue weighted by molar-refractivity contribution is 7.10. The summed E-state index contributed by atoms with van der Waals surface area (Å²) in [5.74, 6) is 0. The van der Waals surface area contributed by atoms with E-state index >= 15 is 0 Å². The Bertz CT molecular complexity index is 272. The summed E-state index contributed by atoms with van der Waals surface area (Å²) in [6.45, 7) is 2.04. The van der Waals surface area contributed by atoms with Crippen LogP contribution in [0.4, 0.5) is 0 Å². The highest BCUT2D eigenvalue weighted by Crippen LogP contribution is 2.20. The van der Waals surface area contributed by atoms with E-state index in [4.69, 9.17) is 11.0 Å². The summed E-state index contributed by atoms with van der Waals surface area (Å²) in [5.41, 5.74) is 6.84. The lowest BCUT2D eigenvalue weighted by atomic mass is 10.1. The van der Waals surface area contributed by atoms with Gasteiger partial charge in [0.2, 0.25) is 0 Å². The van der Waals surface area contributed by atoms with E-state index in [2.05, 4.69) is 6.07 Å². The fourth-order valence-electron chi connectivity index (χ4n) is 0.840.